The van der Waals surface area contributed by atoms with Crippen LogP contribution in [-0.4, -0.2) is 44.9 Å². The molecule has 0 saturated carbocycles. The van der Waals surface area contributed by atoms with Gasteiger partial charge in [-0.05, 0) is 25.0 Å². The summed E-state index contributed by atoms with van der Waals surface area (Å²) in [5.41, 5.74) is 0. The van der Waals surface area contributed by atoms with Gasteiger partial charge in [-0.2, -0.15) is 0 Å². The first-order chi connectivity index (χ1) is 11.3. The van der Waals surface area contributed by atoms with E-state index < -0.39 is 0 Å². The zero-order valence-electron chi connectivity index (χ0n) is 14.4. The van der Waals surface area contributed by atoms with Gasteiger partial charge in [-0.15, -0.1) is 35.7 Å². The number of hydrogen-bond donors (Lipinski definition) is 2. The molecule has 24 heavy (non-hydrogen) atoms. The number of nitrogens with zero attached hydrogens (tertiary/aromatic N) is 1. The highest BCUT2D eigenvalue weighted by molar-refractivity contribution is 14.0. The Morgan fingerprint density at radius 1 is 1.12 bits per heavy atom. The highest BCUT2D eigenvalue weighted by Gasteiger charge is 2.00. The second-order valence-corrected chi connectivity index (χ2v) is 6.14. The molecule has 2 N–H and O–H groups in total. The Kier molecular flexibility index (Phi) is 14.9. The summed E-state index contributed by atoms with van der Waals surface area (Å²) in [7, 11) is 3.20. The molecule has 7 heteroatoms. The Bertz CT molecular complexity index is 472. The van der Waals surface area contributed by atoms with Crippen LogP contribution in [0.5, 0.6) is 0 Å². The number of esters is 1. The van der Waals surface area contributed by atoms with E-state index in [-0.39, 0.29) is 29.9 Å². The normalized spacial score (nSPS) is 10.7. The Labute approximate surface area is 166 Å². The lowest BCUT2D eigenvalue weighted by molar-refractivity contribution is -0.140. The second-order valence-electron chi connectivity index (χ2n) is 4.97. The summed E-state index contributed by atoms with van der Waals surface area (Å²) < 4.78 is 4.61. The van der Waals surface area contributed by atoms with Gasteiger partial charge in [0.1, 0.15) is 0 Å². The molecule has 1 aromatic rings. The van der Waals surface area contributed by atoms with Gasteiger partial charge in [0.2, 0.25) is 0 Å². The number of hydrogen-bond acceptors (Lipinski definition) is 4. The number of halogens is 1. The number of methoxy groups -OCH3 is 1. The predicted molar refractivity (Wildman–Crippen MR) is 112 cm³/mol. The van der Waals surface area contributed by atoms with E-state index in [1.54, 1.807) is 7.05 Å². The topological polar surface area (TPSA) is 62.7 Å². The first-order valence-electron chi connectivity index (χ1n) is 7.95. The maximum Gasteiger partial charge on any atom is 0.305 e. The van der Waals surface area contributed by atoms with Crippen molar-refractivity contribution in [3.63, 3.8) is 0 Å². The summed E-state index contributed by atoms with van der Waals surface area (Å²) in [5.74, 6) is 1.68. The minimum Gasteiger partial charge on any atom is -0.469 e. The monoisotopic (exact) mass is 465 g/mol. The van der Waals surface area contributed by atoms with Crippen molar-refractivity contribution < 1.29 is 9.53 Å². The number of aliphatic imine (C=N–C) groups is 1. The van der Waals surface area contributed by atoms with Crippen molar-refractivity contribution >= 4 is 47.7 Å². The Hall–Kier alpha value is -0.960. The minimum atomic E-state index is -0.133. The predicted octanol–water partition coefficient (Wildman–Crippen LogP) is 3.30. The molecule has 0 aliphatic carbocycles. The molecule has 0 heterocycles. The average molecular weight is 465 g/mol. The van der Waals surface area contributed by atoms with Gasteiger partial charge in [-0.1, -0.05) is 24.6 Å². The lowest BCUT2D eigenvalue weighted by Gasteiger charge is -2.11. The number of nitrogens with one attached hydrogen (secondary N) is 2. The number of carbonyl (C=O) groups excluding carboxylic acids is 1. The van der Waals surface area contributed by atoms with Gasteiger partial charge in [0.05, 0.1) is 7.11 Å². The van der Waals surface area contributed by atoms with Crippen LogP contribution in [0.25, 0.3) is 0 Å². The maximum absolute atomic E-state index is 11.0. The van der Waals surface area contributed by atoms with Crippen molar-refractivity contribution in [2.24, 2.45) is 4.99 Å². The van der Waals surface area contributed by atoms with Gasteiger partial charge in [0.25, 0.3) is 0 Å². The molecule has 136 valence electrons. The third-order valence-corrected chi connectivity index (χ3v) is 4.22. The quantitative estimate of drug-likeness (QED) is 0.139. The van der Waals surface area contributed by atoms with Gasteiger partial charge >= 0.3 is 5.97 Å². The molecule has 5 nitrogen and oxygen atoms in total. The van der Waals surface area contributed by atoms with Gasteiger partial charge in [0.15, 0.2) is 5.96 Å². The van der Waals surface area contributed by atoms with Crippen LogP contribution in [0.2, 0.25) is 0 Å². The number of thioether (sulfide) groups is 1. The zero-order valence-corrected chi connectivity index (χ0v) is 17.6. The summed E-state index contributed by atoms with van der Waals surface area (Å²) in [6.07, 6.45) is 3.38. The van der Waals surface area contributed by atoms with E-state index in [1.165, 1.54) is 12.0 Å². The number of benzene rings is 1. The molecule has 0 spiro atoms. The summed E-state index contributed by atoms with van der Waals surface area (Å²) in [5, 5.41) is 6.59. The van der Waals surface area contributed by atoms with Gasteiger partial charge in [-0.3, -0.25) is 9.79 Å². The lowest BCUT2D eigenvalue weighted by atomic mass is 10.2. The number of unbranched alkanes of at least 4 members (excludes halogenated alkanes) is 2. The van der Waals surface area contributed by atoms with Crippen molar-refractivity contribution in [2.45, 2.75) is 30.6 Å². The molecule has 0 atom stereocenters. The summed E-state index contributed by atoms with van der Waals surface area (Å²) in [6, 6.07) is 10.4. The third kappa shape index (κ3) is 11.6. The van der Waals surface area contributed by atoms with Gasteiger partial charge in [-0.25, -0.2) is 0 Å². The van der Waals surface area contributed by atoms with Gasteiger partial charge in [0, 0.05) is 37.2 Å². The van der Waals surface area contributed by atoms with Crippen molar-refractivity contribution in [3.05, 3.63) is 30.3 Å². The van der Waals surface area contributed by atoms with E-state index >= 15 is 0 Å². The van der Waals surface area contributed by atoms with E-state index in [0.717, 1.165) is 44.1 Å². The van der Waals surface area contributed by atoms with E-state index in [4.69, 9.17) is 0 Å². The molecule has 0 fully saturated rings. The summed E-state index contributed by atoms with van der Waals surface area (Å²) in [4.78, 5) is 16.5. The first-order valence-corrected chi connectivity index (χ1v) is 8.94. The molecule has 0 aliphatic heterocycles. The molecular weight excluding hydrogens is 437 g/mol. The zero-order chi connectivity index (χ0) is 16.8. The molecule has 0 unspecified atom stereocenters. The van der Waals surface area contributed by atoms with Crippen molar-refractivity contribution in [1.82, 2.24) is 10.6 Å². The van der Waals surface area contributed by atoms with E-state index in [1.807, 2.05) is 17.8 Å². The maximum atomic E-state index is 11.0. The molecule has 0 bridgehead atoms. The molecule has 0 radical (unpaired) electrons. The van der Waals surface area contributed by atoms with Crippen LogP contribution in [0, 0.1) is 0 Å². The number of rotatable bonds is 10. The fourth-order valence-electron chi connectivity index (χ4n) is 1.96. The van der Waals surface area contributed by atoms with Crippen molar-refractivity contribution in [3.8, 4) is 0 Å². The molecule has 1 aromatic carbocycles. The second kappa shape index (κ2) is 15.6. The molecular formula is C17H28IN3O2S. The SMILES string of the molecule is CN=C(NCCCCCC(=O)OC)NCCSc1ccccc1.I. The molecule has 0 amide bonds. The van der Waals surface area contributed by atoms with Crippen LogP contribution in [0.3, 0.4) is 0 Å². The molecule has 0 aliphatic rings. The van der Waals surface area contributed by atoms with E-state index in [2.05, 4.69) is 44.6 Å². The van der Waals surface area contributed by atoms with Crippen LogP contribution in [0.4, 0.5) is 0 Å². The standard InChI is InChI=1S/C17H27N3O2S.HI/c1-18-17(19-12-8-4-7-11-16(21)22-2)20-13-14-23-15-9-5-3-6-10-15;/h3,5-6,9-10H,4,7-8,11-14H2,1-2H3,(H2,18,19,20);1H. The van der Waals surface area contributed by atoms with Crippen molar-refractivity contribution in [1.29, 1.82) is 0 Å². The summed E-state index contributed by atoms with van der Waals surface area (Å²) >= 11 is 1.82. The Balaban J connectivity index is 0.00000529. The number of carbonyl (C=O) groups is 1. The fourth-order valence-corrected chi connectivity index (χ4v) is 2.75. The van der Waals surface area contributed by atoms with Crippen LogP contribution in [-0.2, 0) is 9.53 Å². The highest BCUT2D eigenvalue weighted by atomic mass is 127. The largest absolute Gasteiger partial charge is 0.469 e. The smallest absolute Gasteiger partial charge is 0.305 e. The molecule has 0 aromatic heterocycles. The van der Waals surface area contributed by atoms with Crippen LogP contribution < -0.4 is 10.6 Å². The van der Waals surface area contributed by atoms with E-state index in [0.29, 0.717) is 6.42 Å². The van der Waals surface area contributed by atoms with Crippen LogP contribution in [0.1, 0.15) is 25.7 Å². The minimum absolute atomic E-state index is 0. The Morgan fingerprint density at radius 2 is 1.83 bits per heavy atom. The van der Waals surface area contributed by atoms with Crippen molar-refractivity contribution in [2.75, 3.05) is 33.0 Å². The Morgan fingerprint density at radius 3 is 2.50 bits per heavy atom. The van der Waals surface area contributed by atoms with E-state index in [9.17, 15) is 4.79 Å². The molecule has 1 rings (SSSR count). The number of ether oxygens (including phenoxy) is 1. The van der Waals surface area contributed by atoms with Crippen LogP contribution >= 0.6 is 35.7 Å². The average Bonchev–Trinajstić information content (AvgIpc) is 2.60. The molecule has 0 saturated heterocycles. The van der Waals surface area contributed by atoms with Crippen LogP contribution in [0.15, 0.2) is 40.2 Å². The first kappa shape index (κ1) is 23.0. The van der Waals surface area contributed by atoms with Gasteiger partial charge < -0.3 is 15.4 Å². The summed E-state index contributed by atoms with van der Waals surface area (Å²) in [6.45, 7) is 1.72. The fraction of sp³-hybridized carbons (Fsp3) is 0.529. The highest BCUT2D eigenvalue weighted by Crippen LogP contribution is 2.15. The third-order valence-electron chi connectivity index (χ3n) is 3.21. The number of guanidine groups is 1. The lowest BCUT2D eigenvalue weighted by Crippen LogP contribution is -2.38.